The van der Waals surface area contributed by atoms with Crippen molar-refractivity contribution >= 4 is 39.9 Å². The number of H-pyrrole nitrogens is 1. The number of hydrogen-bond acceptors (Lipinski definition) is 4. The highest BCUT2D eigenvalue weighted by molar-refractivity contribution is 7.80. The minimum absolute atomic E-state index is 0.300. The van der Waals surface area contributed by atoms with Crippen molar-refractivity contribution in [2.24, 2.45) is 0 Å². The van der Waals surface area contributed by atoms with Crippen molar-refractivity contribution in [3.05, 3.63) is 36.5 Å². The minimum Gasteiger partial charge on any atom is -0.497 e. The first-order valence-corrected chi connectivity index (χ1v) is 6.95. The third kappa shape index (κ3) is 3.20. The Kier molecular flexibility index (Phi) is 5.00. The first kappa shape index (κ1) is 15.8. The summed E-state index contributed by atoms with van der Waals surface area (Å²) in [7, 11) is 2.91. The number of methoxy groups -OCH3 is 2. The number of benzene rings is 1. The van der Waals surface area contributed by atoms with Crippen molar-refractivity contribution in [1.29, 1.82) is 0 Å². The third-order valence-electron chi connectivity index (χ3n) is 3.04. The summed E-state index contributed by atoms with van der Waals surface area (Å²) in [6.07, 6.45) is 1.69. The summed E-state index contributed by atoms with van der Waals surface area (Å²) < 4.78 is 9.99. The van der Waals surface area contributed by atoms with E-state index in [0.29, 0.717) is 28.8 Å². The molecule has 6 nitrogen and oxygen atoms in total. The van der Waals surface area contributed by atoms with Crippen molar-refractivity contribution < 1.29 is 14.3 Å². The first-order chi connectivity index (χ1) is 10.6. The molecule has 0 saturated heterocycles. The average molecular weight is 319 g/mol. The molecule has 1 aromatic heterocycles. The van der Waals surface area contributed by atoms with Crippen LogP contribution in [0.3, 0.4) is 0 Å². The van der Waals surface area contributed by atoms with Crippen LogP contribution in [0.5, 0.6) is 5.75 Å². The SMILES string of the molecule is C=CCNC(=S)Nc1c(C(=O)OC)[nH]c2cc(OC)ccc12. The lowest BCUT2D eigenvalue weighted by Gasteiger charge is -2.09. The normalized spacial score (nSPS) is 10.1. The maximum atomic E-state index is 11.9. The monoisotopic (exact) mass is 319 g/mol. The van der Waals surface area contributed by atoms with Gasteiger partial charge in [-0.25, -0.2) is 4.79 Å². The minimum atomic E-state index is -0.482. The molecule has 1 aromatic carbocycles. The zero-order chi connectivity index (χ0) is 16.1. The fraction of sp³-hybridized carbons (Fsp3) is 0.200. The maximum absolute atomic E-state index is 11.9. The number of aromatic nitrogens is 1. The number of carbonyl (C=O) groups is 1. The Morgan fingerprint density at radius 2 is 2.23 bits per heavy atom. The van der Waals surface area contributed by atoms with E-state index in [1.54, 1.807) is 19.3 Å². The summed E-state index contributed by atoms with van der Waals surface area (Å²) in [5.74, 6) is 0.202. The zero-order valence-corrected chi connectivity index (χ0v) is 13.2. The number of carbonyl (C=O) groups excluding carboxylic acids is 1. The molecule has 0 spiro atoms. The Morgan fingerprint density at radius 1 is 1.45 bits per heavy atom. The molecule has 0 unspecified atom stereocenters. The van der Waals surface area contributed by atoms with E-state index < -0.39 is 5.97 Å². The molecule has 0 amide bonds. The Hall–Kier alpha value is -2.54. The van der Waals surface area contributed by atoms with Crippen LogP contribution in [-0.2, 0) is 4.74 Å². The second-order valence-electron chi connectivity index (χ2n) is 4.40. The lowest BCUT2D eigenvalue weighted by Crippen LogP contribution is -2.29. The fourth-order valence-electron chi connectivity index (χ4n) is 2.01. The van der Waals surface area contributed by atoms with Crippen molar-refractivity contribution in [1.82, 2.24) is 10.3 Å². The molecule has 2 aromatic rings. The van der Waals surface area contributed by atoms with Crippen LogP contribution in [-0.4, -0.2) is 36.8 Å². The average Bonchev–Trinajstić information content (AvgIpc) is 2.89. The standard InChI is InChI=1S/C15H17N3O3S/c1-4-7-16-15(22)18-12-10-6-5-9(20-2)8-11(10)17-13(12)14(19)21-3/h4-6,8,17H,1,7H2,2-3H3,(H2,16,18,22). The molecule has 3 N–H and O–H groups in total. The topological polar surface area (TPSA) is 75.4 Å². The van der Waals surface area contributed by atoms with Gasteiger partial charge in [0, 0.05) is 18.0 Å². The molecule has 0 fully saturated rings. The molecular formula is C15H17N3O3S. The van der Waals surface area contributed by atoms with Crippen LogP contribution in [0.15, 0.2) is 30.9 Å². The molecule has 0 radical (unpaired) electrons. The molecule has 2 rings (SSSR count). The summed E-state index contributed by atoms with van der Waals surface area (Å²) in [5, 5.41) is 7.17. The van der Waals surface area contributed by atoms with Crippen LogP contribution in [0.25, 0.3) is 10.9 Å². The lowest BCUT2D eigenvalue weighted by molar-refractivity contribution is 0.0596. The van der Waals surface area contributed by atoms with E-state index in [1.165, 1.54) is 7.11 Å². The van der Waals surface area contributed by atoms with Gasteiger partial charge in [0.1, 0.15) is 11.4 Å². The molecule has 1 heterocycles. The number of esters is 1. The second kappa shape index (κ2) is 6.95. The summed E-state index contributed by atoms with van der Waals surface area (Å²) in [4.78, 5) is 15.0. The number of rotatable bonds is 5. The van der Waals surface area contributed by atoms with Gasteiger partial charge in [0.25, 0.3) is 0 Å². The molecule has 7 heteroatoms. The van der Waals surface area contributed by atoms with Gasteiger partial charge < -0.3 is 25.1 Å². The van der Waals surface area contributed by atoms with Crippen molar-refractivity contribution in [3.8, 4) is 5.75 Å². The van der Waals surface area contributed by atoms with Crippen LogP contribution in [0, 0.1) is 0 Å². The lowest BCUT2D eigenvalue weighted by atomic mass is 10.2. The molecule has 0 atom stereocenters. The highest BCUT2D eigenvalue weighted by Gasteiger charge is 2.19. The predicted octanol–water partition coefficient (Wildman–Crippen LogP) is 2.44. The van der Waals surface area contributed by atoms with Gasteiger partial charge >= 0.3 is 5.97 Å². The number of thiocarbonyl (C=S) groups is 1. The zero-order valence-electron chi connectivity index (χ0n) is 12.4. The summed E-state index contributed by atoms with van der Waals surface area (Å²) in [6, 6.07) is 5.45. The molecule has 0 bridgehead atoms. The number of aromatic amines is 1. The third-order valence-corrected chi connectivity index (χ3v) is 3.29. The van der Waals surface area contributed by atoms with Gasteiger partial charge in [-0.15, -0.1) is 6.58 Å². The van der Waals surface area contributed by atoms with Gasteiger partial charge in [-0.2, -0.15) is 0 Å². The summed E-state index contributed by atoms with van der Waals surface area (Å²) in [5.41, 5.74) is 1.60. The fourth-order valence-corrected chi connectivity index (χ4v) is 2.20. The Balaban J connectivity index is 2.45. The van der Waals surface area contributed by atoms with E-state index in [-0.39, 0.29) is 0 Å². The molecule has 0 aliphatic heterocycles. The van der Waals surface area contributed by atoms with Gasteiger partial charge in [-0.3, -0.25) is 0 Å². The van der Waals surface area contributed by atoms with E-state index in [4.69, 9.17) is 21.7 Å². The van der Waals surface area contributed by atoms with E-state index in [0.717, 1.165) is 10.9 Å². The van der Waals surface area contributed by atoms with E-state index in [1.807, 2.05) is 12.1 Å². The Bertz CT molecular complexity index is 724. The number of ether oxygens (including phenoxy) is 2. The highest BCUT2D eigenvalue weighted by Crippen LogP contribution is 2.30. The smallest absolute Gasteiger partial charge is 0.356 e. The predicted molar refractivity (Wildman–Crippen MR) is 90.6 cm³/mol. The van der Waals surface area contributed by atoms with Crippen LogP contribution in [0.2, 0.25) is 0 Å². The molecular weight excluding hydrogens is 302 g/mol. The van der Waals surface area contributed by atoms with Crippen molar-refractivity contribution in [3.63, 3.8) is 0 Å². The Morgan fingerprint density at radius 3 is 2.86 bits per heavy atom. The highest BCUT2D eigenvalue weighted by atomic mass is 32.1. The molecule has 0 saturated carbocycles. The van der Waals surface area contributed by atoms with Gasteiger partial charge in [-0.1, -0.05) is 6.08 Å². The second-order valence-corrected chi connectivity index (χ2v) is 4.81. The van der Waals surface area contributed by atoms with Crippen LogP contribution >= 0.6 is 12.2 Å². The van der Waals surface area contributed by atoms with Gasteiger partial charge in [0.2, 0.25) is 0 Å². The molecule has 0 aliphatic rings. The van der Waals surface area contributed by atoms with E-state index in [2.05, 4.69) is 22.2 Å². The maximum Gasteiger partial charge on any atom is 0.356 e. The molecule has 116 valence electrons. The first-order valence-electron chi connectivity index (χ1n) is 6.54. The van der Waals surface area contributed by atoms with E-state index >= 15 is 0 Å². The van der Waals surface area contributed by atoms with Gasteiger partial charge in [0.15, 0.2) is 5.11 Å². The van der Waals surface area contributed by atoms with E-state index in [9.17, 15) is 4.79 Å². The van der Waals surface area contributed by atoms with Crippen molar-refractivity contribution in [2.45, 2.75) is 0 Å². The van der Waals surface area contributed by atoms with Gasteiger partial charge in [0.05, 0.1) is 25.4 Å². The number of nitrogens with one attached hydrogen (secondary N) is 3. The molecule has 0 aliphatic carbocycles. The molecule has 22 heavy (non-hydrogen) atoms. The van der Waals surface area contributed by atoms with Crippen LogP contribution in [0.4, 0.5) is 5.69 Å². The van der Waals surface area contributed by atoms with Crippen LogP contribution < -0.4 is 15.4 Å². The van der Waals surface area contributed by atoms with Crippen LogP contribution in [0.1, 0.15) is 10.5 Å². The van der Waals surface area contributed by atoms with Crippen molar-refractivity contribution in [2.75, 3.05) is 26.1 Å². The number of anilines is 1. The van der Waals surface area contributed by atoms with Gasteiger partial charge in [-0.05, 0) is 24.4 Å². The number of fused-ring (bicyclic) bond motifs is 1. The largest absolute Gasteiger partial charge is 0.497 e. The summed E-state index contributed by atoms with van der Waals surface area (Å²) >= 11 is 5.20. The number of hydrogen-bond donors (Lipinski definition) is 3. The quantitative estimate of drug-likeness (QED) is 0.446. The summed E-state index contributed by atoms with van der Waals surface area (Å²) in [6.45, 7) is 4.14. The Labute approximate surface area is 133 Å².